The molecule has 0 bridgehead atoms. The van der Waals surface area contributed by atoms with E-state index in [4.69, 9.17) is 4.74 Å². The number of hydrogen-bond donors (Lipinski definition) is 1. The Morgan fingerprint density at radius 3 is 2.24 bits per heavy atom. The molecule has 3 nitrogen and oxygen atoms in total. The lowest BCUT2D eigenvalue weighted by Crippen LogP contribution is -2.33. The van der Waals surface area contributed by atoms with E-state index in [1.54, 1.807) is 19.2 Å². The maximum Gasteiger partial charge on any atom is 0.573 e. The van der Waals surface area contributed by atoms with Crippen molar-refractivity contribution in [2.45, 2.75) is 26.6 Å². The van der Waals surface area contributed by atoms with Gasteiger partial charge >= 0.3 is 6.36 Å². The minimum absolute atomic E-state index is 0.000141. The molecule has 0 amide bonds. The second-order valence-electron chi connectivity index (χ2n) is 5.70. The van der Waals surface area contributed by atoms with E-state index < -0.39 is 6.36 Å². The maximum absolute atomic E-state index is 12.1. The molecule has 1 aromatic rings. The molecule has 0 atom stereocenters. The van der Waals surface area contributed by atoms with E-state index in [-0.39, 0.29) is 11.2 Å². The van der Waals surface area contributed by atoms with Gasteiger partial charge in [0.1, 0.15) is 5.75 Å². The van der Waals surface area contributed by atoms with E-state index in [2.05, 4.69) is 23.9 Å². The van der Waals surface area contributed by atoms with Crippen LogP contribution in [0.1, 0.15) is 19.4 Å². The first-order valence-electron chi connectivity index (χ1n) is 6.76. The number of benzene rings is 1. The smallest absolute Gasteiger partial charge is 0.406 e. The SMILES string of the molecule is COCCNCC(C)(C)Cc1ccc(OC(F)(F)F)cc1. The quantitative estimate of drug-likeness (QED) is 0.747. The predicted octanol–water partition coefficient (Wildman–Crippen LogP) is 3.39. The van der Waals surface area contributed by atoms with Crippen molar-refractivity contribution in [3.63, 3.8) is 0 Å². The van der Waals surface area contributed by atoms with Crippen LogP contribution in [0.5, 0.6) is 5.75 Å². The molecule has 6 heteroatoms. The predicted molar refractivity (Wildman–Crippen MR) is 75.4 cm³/mol. The van der Waals surface area contributed by atoms with Crippen molar-refractivity contribution in [1.82, 2.24) is 5.32 Å². The summed E-state index contributed by atoms with van der Waals surface area (Å²) in [5.74, 6) is -0.192. The van der Waals surface area contributed by atoms with Gasteiger partial charge in [-0.15, -0.1) is 13.2 Å². The van der Waals surface area contributed by atoms with Gasteiger partial charge < -0.3 is 14.8 Å². The summed E-state index contributed by atoms with van der Waals surface area (Å²) in [4.78, 5) is 0. The highest BCUT2D eigenvalue weighted by atomic mass is 19.4. The Morgan fingerprint density at radius 2 is 1.71 bits per heavy atom. The second-order valence-corrected chi connectivity index (χ2v) is 5.70. The molecular weight excluding hydrogens is 283 g/mol. The molecule has 0 fully saturated rings. The molecule has 0 radical (unpaired) electrons. The first kappa shape index (κ1) is 17.8. The van der Waals surface area contributed by atoms with E-state index >= 15 is 0 Å². The Balaban J connectivity index is 2.50. The number of rotatable bonds is 8. The third kappa shape index (κ3) is 7.92. The van der Waals surface area contributed by atoms with Gasteiger partial charge in [0.25, 0.3) is 0 Å². The van der Waals surface area contributed by atoms with Crippen molar-refractivity contribution in [2.75, 3.05) is 26.8 Å². The van der Waals surface area contributed by atoms with Crippen LogP contribution in [0.15, 0.2) is 24.3 Å². The molecule has 0 saturated carbocycles. The van der Waals surface area contributed by atoms with E-state index in [0.717, 1.165) is 25.1 Å². The minimum atomic E-state index is -4.65. The lowest BCUT2D eigenvalue weighted by atomic mass is 9.85. The summed E-state index contributed by atoms with van der Waals surface area (Å²) in [5, 5.41) is 3.29. The van der Waals surface area contributed by atoms with Crippen LogP contribution in [0.4, 0.5) is 13.2 Å². The van der Waals surface area contributed by atoms with Gasteiger partial charge in [-0.1, -0.05) is 26.0 Å². The number of alkyl halides is 3. The standard InChI is InChI=1S/C15H22F3NO2/c1-14(2,11-19-8-9-20-3)10-12-4-6-13(7-5-12)21-15(16,17)18/h4-7,19H,8-11H2,1-3H3. The first-order chi connectivity index (χ1) is 9.72. The van der Waals surface area contributed by atoms with E-state index in [1.165, 1.54) is 12.1 Å². The summed E-state index contributed by atoms with van der Waals surface area (Å²) in [6, 6.07) is 6.02. The fourth-order valence-corrected chi connectivity index (χ4v) is 2.03. The molecule has 0 heterocycles. The van der Waals surface area contributed by atoms with Gasteiger partial charge in [0.15, 0.2) is 0 Å². The van der Waals surface area contributed by atoms with Crippen molar-refractivity contribution in [3.05, 3.63) is 29.8 Å². The lowest BCUT2D eigenvalue weighted by Gasteiger charge is -2.25. The number of halogens is 3. The first-order valence-corrected chi connectivity index (χ1v) is 6.76. The fraction of sp³-hybridized carbons (Fsp3) is 0.600. The third-order valence-electron chi connectivity index (χ3n) is 2.93. The van der Waals surface area contributed by atoms with Crippen LogP contribution in [0.25, 0.3) is 0 Å². The molecule has 0 unspecified atom stereocenters. The zero-order valence-electron chi connectivity index (χ0n) is 12.6. The molecule has 120 valence electrons. The number of ether oxygens (including phenoxy) is 2. The van der Waals surface area contributed by atoms with Crippen LogP contribution in [-0.4, -0.2) is 33.2 Å². The zero-order chi connectivity index (χ0) is 15.9. The van der Waals surface area contributed by atoms with Gasteiger partial charge in [-0.25, -0.2) is 0 Å². The van der Waals surface area contributed by atoms with E-state index in [1.807, 2.05) is 0 Å². The molecule has 1 aromatic carbocycles. The summed E-state index contributed by atoms with van der Waals surface area (Å²) >= 11 is 0. The molecule has 0 saturated heterocycles. The summed E-state index contributed by atoms with van der Waals surface area (Å²) in [6.45, 7) is 6.44. The number of nitrogens with one attached hydrogen (secondary N) is 1. The van der Waals surface area contributed by atoms with Crippen LogP contribution in [0.3, 0.4) is 0 Å². The molecular formula is C15H22F3NO2. The van der Waals surface area contributed by atoms with Gasteiger partial charge in [-0.3, -0.25) is 0 Å². The molecule has 1 N–H and O–H groups in total. The van der Waals surface area contributed by atoms with Crippen molar-refractivity contribution >= 4 is 0 Å². The Bertz CT molecular complexity index is 416. The summed E-state index contributed by atoms with van der Waals surface area (Å²) in [5.41, 5.74) is 0.975. The monoisotopic (exact) mass is 305 g/mol. The molecule has 0 aliphatic rings. The van der Waals surface area contributed by atoms with Gasteiger partial charge in [0.05, 0.1) is 6.61 Å². The average Bonchev–Trinajstić information content (AvgIpc) is 2.35. The second kappa shape index (κ2) is 7.66. The molecule has 0 aromatic heterocycles. The van der Waals surface area contributed by atoms with Gasteiger partial charge in [0, 0.05) is 20.2 Å². The molecule has 0 aliphatic heterocycles. The van der Waals surface area contributed by atoms with Crippen LogP contribution < -0.4 is 10.1 Å². The highest BCUT2D eigenvalue weighted by Crippen LogP contribution is 2.25. The fourth-order valence-electron chi connectivity index (χ4n) is 2.03. The van der Waals surface area contributed by atoms with E-state index in [9.17, 15) is 13.2 Å². The lowest BCUT2D eigenvalue weighted by molar-refractivity contribution is -0.274. The van der Waals surface area contributed by atoms with Gasteiger partial charge in [0.2, 0.25) is 0 Å². The number of methoxy groups -OCH3 is 1. The van der Waals surface area contributed by atoms with Crippen LogP contribution in [-0.2, 0) is 11.2 Å². The molecule has 0 aliphatic carbocycles. The maximum atomic E-state index is 12.1. The van der Waals surface area contributed by atoms with Crippen molar-refractivity contribution in [1.29, 1.82) is 0 Å². The van der Waals surface area contributed by atoms with E-state index in [0.29, 0.717) is 6.61 Å². The van der Waals surface area contributed by atoms with Crippen molar-refractivity contribution in [3.8, 4) is 5.75 Å². The average molecular weight is 305 g/mol. The minimum Gasteiger partial charge on any atom is -0.406 e. The Morgan fingerprint density at radius 1 is 1.10 bits per heavy atom. The van der Waals surface area contributed by atoms with Crippen LogP contribution in [0, 0.1) is 5.41 Å². The summed E-state index contributed by atoms with van der Waals surface area (Å²) in [6.07, 6.45) is -3.88. The largest absolute Gasteiger partial charge is 0.573 e. The summed E-state index contributed by atoms with van der Waals surface area (Å²) in [7, 11) is 1.65. The zero-order valence-corrected chi connectivity index (χ0v) is 12.6. The van der Waals surface area contributed by atoms with Gasteiger partial charge in [-0.05, 0) is 29.5 Å². The van der Waals surface area contributed by atoms with Gasteiger partial charge in [-0.2, -0.15) is 0 Å². The third-order valence-corrected chi connectivity index (χ3v) is 2.93. The van der Waals surface area contributed by atoms with Crippen molar-refractivity contribution in [2.24, 2.45) is 5.41 Å². The number of hydrogen-bond acceptors (Lipinski definition) is 3. The molecule has 1 rings (SSSR count). The van der Waals surface area contributed by atoms with Crippen molar-refractivity contribution < 1.29 is 22.6 Å². The van der Waals surface area contributed by atoms with Crippen LogP contribution in [0.2, 0.25) is 0 Å². The molecule has 0 spiro atoms. The molecule has 21 heavy (non-hydrogen) atoms. The summed E-state index contributed by atoms with van der Waals surface area (Å²) < 4.78 is 45.0. The normalized spacial score (nSPS) is 12.5. The highest BCUT2D eigenvalue weighted by molar-refractivity contribution is 5.28. The van der Waals surface area contributed by atoms with Crippen LogP contribution >= 0.6 is 0 Å². The Labute approximate surface area is 123 Å². The Kier molecular flexibility index (Phi) is 6.48. The highest BCUT2D eigenvalue weighted by Gasteiger charge is 2.31. The Hall–Kier alpha value is -1.27. The topological polar surface area (TPSA) is 30.5 Å².